The lowest BCUT2D eigenvalue weighted by atomic mass is 10.1. The van der Waals surface area contributed by atoms with Crippen LogP contribution < -0.4 is 10.2 Å². The number of quaternary nitrogens is 1. The number of rotatable bonds is 9. The molecule has 2 aromatic carbocycles. The van der Waals surface area contributed by atoms with Crippen LogP contribution in [-0.2, 0) is 11.3 Å². The molecule has 1 unspecified atom stereocenters. The summed E-state index contributed by atoms with van der Waals surface area (Å²) in [6, 6.07) is 17.6. The van der Waals surface area contributed by atoms with Gasteiger partial charge in [0, 0.05) is 17.6 Å². The molecule has 0 aliphatic carbocycles. The fourth-order valence-corrected chi connectivity index (χ4v) is 4.14. The molecule has 162 valence electrons. The average molecular weight is 440 g/mol. The van der Waals surface area contributed by atoms with Crippen LogP contribution >= 0.6 is 11.6 Å². The lowest BCUT2D eigenvalue weighted by molar-refractivity contribution is 0.153. The van der Waals surface area contributed by atoms with Crippen molar-refractivity contribution in [2.75, 3.05) is 19.8 Å². The zero-order chi connectivity index (χ0) is 22.3. The molecular formula is C24H28ClN4O2+. The Hall–Kier alpha value is -3.01. The number of carbonyl (C=O) groups excluding carboxylic acids is 1. The third kappa shape index (κ3) is 5.78. The molecule has 0 spiro atoms. The largest absolute Gasteiger partial charge is 0.443 e. The van der Waals surface area contributed by atoms with Gasteiger partial charge in [-0.2, -0.15) is 5.26 Å². The van der Waals surface area contributed by atoms with Crippen LogP contribution in [0.25, 0.3) is 0 Å². The van der Waals surface area contributed by atoms with Gasteiger partial charge in [-0.1, -0.05) is 43.1 Å². The molecule has 0 saturated heterocycles. The Morgan fingerprint density at radius 1 is 1.26 bits per heavy atom. The number of halogens is 1. The number of hydrogen-bond donors (Lipinski definition) is 1. The molecule has 1 heterocycles. The summed E-state index contributed by atoms with van der Waals surface area (Å²) >= 11 is 6.32. The van der Waals surface area contributed by atoms with E-state index in [9.17, 15) is 4.79 Å². The van der Waals surface area contributed by atoms with Gasteiger partial charge in [0.1, 0.15) is 24.2 Å². The van der Waals surface area contributed by atoms with E-state index in [0.717, 1.165) is 42.8 Å². The molecule has 2 N–H and O–H groups in total. The minimum Gasteiger partial charge on any atom is -0.443 e. The highest BCUT2D eigenvalue weighted by molar-refractivity contribution is 6.30. The summed E-state index contributed by atoms with van der Waals surface area (Å²) < 4.78 is 5.76. The molecule has 0 aromatic heterocycles. The Morgan fingerprint density at radius 3 is 2.68 bits per heavy atom. The molecule has 2 aromatic rings. The first kappa shape index (κ1) is 22.7. The highest BCUT2D eigenvalue weighted by atomic mass is 35.5. The van der Waals surface area contributed by atoms with Crippen molar-refractivity contribution >= 4 is 23.4 Å². The van der Waals surface area contributed by atoms with Crippen LogP contribution in [0.3, 0.4) is 0 Å². The Balaban J connectivity index is 1.93. The van der Waals surface area contributed by atoms with Gasteiger partial charge in [-0.05, 0) is 42.7 Å². The zero-order valence-corrected chi connectivity index (χ0v) is 18.5. The molecule has 1 amide bonds. The summed E-state index contributed by atoms with van der Waals surface area (Å²) in [6.07, 6.45) is 4.70. The second kappa shape index (κ2) is 10.3. The monoisotopic (exact) mass is 439 g/mol. The van der Waals surface area contributed by atoms with Gasteiger partial charge in [0.25, 0.3) is 0 Å². The molecule has 1 aliphatic rings. The topological polar surface area (TPSA) is 79.3 Å². The van der Waals surface area contributed by atoms with Gasteiger partial charge in [0.15, 0.2) is 6.67 Å². The summed E-state index contributed by atoms with van der Waals surface area (Å²) in [5, 5.41) is 9.75. The molecule has 1 atom stereocenters. The second-order valence-electron chi connectivity index (χ2n) is 7.82. The highest BCUT2D eigenvalue weighted by Gasteiger charge is 2.39. The summed E-state index contributed by atoms with van der Waals surface area (Å²) in [4.78, 5) is 13.5. The van der Waals surface area contributed by atoms with E-state index in [1.54, 1.807) is 0 Å². The second-order valence-corrected chi connectivity index (χ2v) is 8.26. The molecular weight excluding hydrogens is 412 g/mol. The number of primary amides is 1. The molecule has 3 rings (SSSR count). The molecule has 31 heavy (non-hydrogen) atoms. The Labute approximate surface area is 188 Å². The van der Waals surface area contributed by atoms with Gasteiger partial charge >= 0.3 is 6.09 Å². The lowest BCUT2D eigenvalue weighted by Gasteiger charge is -2.33. The third-order valence-electron chi connectivity index (χ3n) is 5.53. The maximum atomic E-state index is 11.3. The molecule has 0 saturated carbocycles. The van der Waals surface area contributed by atoms with E-state index >= 15 is 0 Å². The molecule has 1 aliphatic heterocycles. The predicted octanol–water partition coefficient (Wildman–Crippen LogP) is 5.12. The number of nitriles is 1. The van der Waals surface area contributed by atoms with E-state index in [0.29, 0.717) is 28.3 Å². The van der Waals surface area contributed by atoms with E-state index < -0.39 is 6.09 Å². The summed E-state index contributed by atoms with van der Waals surface area (Å²) in [6.45, 7) is 4.54. The van der Waals surface area contributed by atoms with Crippen molar-refractivity contribution in [3.63, 3.8) is 0 Å². The van der Waals surface area contributed by atoms with Crippen LogP contribution in [0.5, 0.6) is 0 Å². The lowest BCUT2D eigenvalue weighted by Crippen LogP contribution is -2.46. The van der Waals surface area contributed by atoms with Gasteiger partial charge < -0.3 is 15.4 Å². The maximum absolute atomic E-state index is 11.3. The third-order valence-corrected chi connectivity index (χ3v) is 5.76. The number of nitrogens with zero attached hydrogens (tertiary/aromatic N) is 3. The number of unbranched alkanes of at least 4 members (excludes halogenated alkanes) is 2. The fourth-order valence-electron chi connectivity index (χ4n) is 3.95. The minimum absolute atomic E-state index is 0.111. The number of benzene rings is 2. The van der Waals surface area contributed by atoms with Crippen LogP contribution in [0.15, 0.2) is 60.4 Å². The normalized spacial score (nSPS) is 17.8. The SMILES string of the molecule is CCCCC[N+]1(c2cccc(Cl)c2)C=C(COC(N)=O)N(Cc2ccc(C#N)cc2)C1. The molecule has 6 nitrogen and oxygen atoms in total. The fraction of sp³-hybridized carbons (Fsp3) is 0.333. The van der Waals surface area contributed by atoms with Crippen molar-refractivity contribution in [1.29, 1.82) is 5.26 Å². The van der Waals surface area contributed by atoms with Crippen LogP contribution in [0, 0.1) is 11.3 Å². The number of hydrogen-bond acceptors (Lipinski definition) is 4. The maximum Gasteiger partial charge on any atom is 0.404 e. The Morgan fingerprint density at radius 2 is 2.03 bits per heavy atom. The van der Waals surface area contributed by atoms with Gasteiger partial charge in [0.2, 0.25) is 0 Å². The van der Waals surface area contributed by atoms with E-state index in [2.05, 4.69) is 30.2 Å². The first-order valence-electron chi connectivity index (χ1n) is 10.5. The standard InChI is InChI=1S/C24H27ClN4O2/c1-2-3-4-12-29(23-7-5-6-21(25)13-23)16-22(17-31-24(27)30)28(18-29)15-20-10-8-19(14-26)9-11-20/h5-11,13,16H,2-4,12,15,17-18H2,1H3,(H-,27,30)/p+1. The van der Waals surface area contributed by atoms with Crippen LogP contribution in [0.2, 0.25) is 5.02 Å². The molecule has 0 radical (unpaired) electrons. The van der Waals surface area contributed by atoms with Gasteiger partial charge in [0.05, 0.1) is 18.2 Å². The predicted molar refractivity (Wildman–Crippen MR) is 123 cm³/mol. The first-order chi connectivity index (χ1) is 15.0. The quantitative estimate of drug-likeness (QED) is 0.434. The van der Waals surface area contributed by atoms with Gasteiger partial charge in [-0.25, -0.2) is 9.28 Å². The van der Waals surface area contributed by atoms with Gasteiger partial charge in [-0.3, -0.25) is 0 Å². The van der Waals surface area contributed by atoms with Crippen molar-refractivity contribution in [2.24, 2.45) is 5.73 Å². The summed E-state index contributed by atoms with van der Waals surface area (Å²) in [5.41, 5.74) is 8.94. The number of ether oxygens (including phenoxy) is 1. The van der Waals surface area contributed by atoms with E-state index in [4.69, 9.17) is 27.3 Å². The van der Waals surface area contributed by atoms with Crippen LogP contribution in [-0.4, -0.2) is 30.8 Å². The smallest absolute Gasteiger partial charge is 0.404 e. The van der Waals surface area contributed by atoms with Crippen molar-refractivity contribution in [3.05, 3.63) is 76.6 Å². The number of carbonyl (C=O) groups is 1. The number of nitrogens with two attached hydrogens (primary N) is 1. The van der Waals surface area contributed by atoms with E-state index in [-0.39, 0.29) is 6.61 Å². The van der Waals surface area contributed by atoms with Gasteiger partial charge in [-0.15, -0.1) is 0 Å². The van der Waals surface area contributed by atoms with E-state index in [1.165, 1.54) is 0 Å². The minimum atomic E-state index is -0.794. The summed E-state index contributed by atoms with van der Waals surface area (Å²) in [5.74, 6) is 0. The van der Waals surface area contributed by atoms with Crippen molar-refractivity contribution in [2.45, 2.75) is 32.7 Å². The molecule has 0 fully saturated rings. The highest BCUT2D eigenvalue weighted by Crippen LogP contribution is 2.35. The van der Waals surface area contributed by atoms with Crippen molar-refractivity contribution in [1.82, 2.24) is 9.38 Å². The average Bonchev–Trinajstić information content (AvgIpc) is 3.11. The van der Waals surface area contributed by atoms with Crippen molar-refractivity contribution < 1.29 is 9.53 Å². The zero-order valence-electron chi connectivity index (χ0n) is 17.8. The first-order valence-corrected chi connectivity index (χ1v) is 10.8. The van der Waals surface area contributed by atoms with Crippen LogP contribution in [0.1, 0.15) is 37.3 Å². The Bertz CT molecular complexity index is 984. The molecule has 7 heteroatoms. The van der Waals surface area contributed by atoms with Crippen molar-refractivity contribution in [3.8, 4) is 6.07 Å². The number of amides is 1. The Kier molecular flexibility index (Phi) is 7.56. The molecule has 0 bridgehead atoms. The summed E-state index contributed by atoms with van der Waals surface area (Å²) in [7, 11) is 0. The van der Waals surface area contributed by atoms with E-state index in [1.807, 2.05) is 42.5 Å². The van der Waals surface area contributed by atoms with Crippen LogP contribution in [0.4, 0.5) is 10.5 Å².